The van der Waals surface area contributed by atoms with Gasteiger partial charge >= 0.3 is 0 Å². The molecular formula is C33H32N2O7S2. The second-order valence-electron chi connectivity index (χ2n) is 10.3. The number of thioether (sulfide) groups is 1. The Morgan fingerprint density at radius 1 is 0.977 bits per heavy atom. The Kier molecular flexibility index (Phi) is 8.58. The molecule has 2 aliphatic heterocycles. The number of para-hydroxylation sites is 4. The van der Waals surface area contributed by atoms with E-state index in [1.165, 1.54) is 22.1 Å². The predicted octanol–water partition coefficient (Wildman–Crippen LogP) is 5.32. The van der Waals surface area contributed by atoms with Crippen LogP contribution in [0.15, 0.2) is 94.7 Å². The van der Waals surface area contributed by atoms with Gasteiger partial charge in [-0.3, -0.25) is 9.10 Å². The van der Waals surface area contributed by atoms with Gasteiger partial charge in [0.15, 0.2) is 23.0 Å². The van der Waals surface area contributed by atoms with E-state index in [9.17, 15) is 13.2 Å². The van der Waals surface area contributed by atoms with Crippen molar-refractivity contribution in [3.8, 4) is 23.0 Å². The molecule has 1 N–H and O–H groups in total. The quantitative estimate of drug-likeness (QED) is 0.235. The van der Waals surface area contributed by atoms with Gasteiger partial charge in [0.25, 0.3) is 15.9 Å². The molecule has 1 unspecified atom stereocenters. The van der Waals surface area contributed by atoms with Gasteiger partial charge in [-0.2, -0.15) is 0 Å². The van der Waals surface area contributed by atoms with E-state index in [-0.39, 0.29) is 23.6 Å². The van der Waals surface area contributed by atoms with Gasteiger partial charge in [0.2, 0.25) is 0 Å². The molecule has 0 radical (unpaired) electrons. The lowest BCUT2D eigenvalue weighted by Gasteiger charge is -2.26. The lowest BCUT2D eigenvalue weighted by Crippen LogP contribution is -2.41. The van der Waals surface area contributed by atoms with Crippen molar-refractivity contribution in [2.75, 3.05) is 38.2 Å². The maximum Gasteiger partial charge on any atom is 0.264 e. The van der Waals surface area contributed by atoms with Gasteiger partial charge in [0, 0.05) is 22.8 Å². The van der Waals surface area contributed by atoms with Crippen molar-refractivity contribution in [3.05, 3.63) is 102 Å². The number of hydrogen-bond donors (Lipinski definition) is 1. The maximum absolute atomic E-state index is 13.9. The van der Waals surface area contributed by atoms with Crippen LogP contribution in [0, 0.1) is 0 Å². The molecule has 0 saturated carbocycles. The largest absolute Gasteiger partial charge is 0.493 e. The molecule has 2 heterocycles. The van der Waals surface area contributed by atoms with Crippen LogP contribution in [0.5, 0.6) is 23.0 Å². The molecule has 228 valence electrons. The van der Waals surface area contributed by atoms with Crippen LogP contribution in [-0.2, 0) is 22.2 Å². The molecule has 0 spiro atoms. The number of nitrogens with one attached hydrogen (secondary N) is 1. The van der Waals surface area contributed by atoms with Gasteiger partial charge in [-0.1, -0.05) is 42.5 Å². The molecule has 1 amide bonds. The van der Waals surface area contributed by atoms with Gasteiger partial charge in [-0.15, -0.1) is 11.8 Å². The topological polar surface area (TPSA) is 103 Å². The highest BCUT2D eigenvalue weighted by atomic mass is 32.2. The third kappa shape index (κ3) is 5.89. The third-order valence-corrected chi connectivity index (χ3v) is 10.5. The molecule has 11 heteroatoms. The number of anilines is 1. The first-order valence-corrected chi connectivity index (χ1v) is 16.6. The fourth-order valence-electron chi connectivity index (χ4n) is 5.35. The average molecular weight is 633 g/mol. The van der Waals surface area contributed by atoms with Crippen LogP contribution < -0.4 is 28.6 Å². The highest BCUT2D eigenvalue weighted by Gasteiger charge is 2.32. The van der Waals surface area contributed by atoms with Crippen molar-refractivity contribution >= 4 is 33.4 Å². The SMILES string of the molecule is COc1cccc(CSc2ccc(S(=O)(=O)N3CCc4ccccc43)cc2C(=O)NCC2COc3ccccc3O2)c1OC. The summed E-state index contributed by atoms with van der Waals surface area (Å²) in [5.41, 5.74) is 2.77. The van der Waals surface area contributed by atoms with Gasteiger partial charge in [-0.25, -0.2) is 8.42 Å². The number of benzene rings is 4. The van der Waals surface area contributed by atoms with Crippen LogP contribution >= 0.6 is 11.8 Å². The van der Waals surface area contributed by atoms with Crippen molar-refractivity contribution in [1.82, 2.24) is 5.32 Å². The second kappa shape index (κ2) is 12.7. The van der Waals surface area contributed by atoms with E-state index in [1.54, 1.807) is 26.4 Å². The molecule has 0 aliphatic carbocycles. The number of carbonyl (C=O) groups excluding carboxylic acids is 1. The molecule has 0 fully saturated rings. The monoisotopic (exact) mass is 632 g/mol. The molecule has 9 nitrogen and oxygen atoms in total. The number of hydrogen-bond acceptors (Lipinski definition) is 8. The molecule has 0 aromatic heterocycles. The molecule has 44 heavy (non-hydrogen) atoms. The van der Waals surface area contributed by atoms with Gasteiger partial charge in [-0.05, 0) is 54.4 Å². The fraction of sp³-hybridized carbons (Fsp3) is 0.242. The van der Waals surface area contributed by atoms with E-state index in [2.05, 4.69) is 5.32 Å². The number of rotatable bonds is 10. The Labute approximate surface area is 261 Å². The minimum absolute atomic E-state index is 0.0499. The lowest BCUT2D eigenvalue weighted by atomic mass is 10.2. The van der Waals surface area contributed by atoms with E-state index < -0.39 is 22.0 Å². The fourth-order valence-corrected chi connectivity index (χ4v) is 7.89. The number of ether oxygens (including phenoxy) is 4. The van der Waals surface area contributed by atoms with Crippen molar-refractivity contribution in [3.63, 3.8) is 0 Å². The van der Waals surface area contributed by atoms with Crippen molar-refractivity contribution in [2.45, 2.75) is 28.1 Å². The summed E-state index contributed by atoms with van der Waals surface area (Å²) in [6.07, 6.45) is 0.227. The molecule has 0 saturated heterocycles. The summed E-state index contributed by atoms with van der Waals surface area (Å²) in [6.45, 7) is 0.796. The standard InChI is InChI=1S/C33H32N2O7S2/c1-39-30-13-7-9-23(32(30)40-2)21-43-31-15-14-25(44(37,38)35-17-16-22-8-3-4-10-27(22)35)18-26(31)33(36)34-19-24-20-41-28-11-5-6-12-29(28)42-24/h3-15,18,24H,16-17,19-21H2,1-2H3,(H,34,36). The normalized spacial score (nSPS) is 15.4. The zero-order chi connectivity index (χ0) is 30.7. The maximum atomic E-state index is 13.9. The van der Waals surface area contributed by atoms with Crippen LogP contribution in [0.2, 0.25) is 0 Å². The van der Waals surface area contributed by atoms with Crippen molar-refractivity contribution in [2.24, 2.45) is 0 Å². The zero-order valence-electron chi connectivity index (χ0n) is 24.3. The van der Waals surface area contributed by atoms with Crippen LogP contribution in [0.1, 0.15) is 21.5 Å². The zero-order valence-corrected chi connectivity index (χ0v) is 26.0. The van der Waals surface area contributed by atoms with Crippen molar-refractivity contribution in [1.29, 1.82) is 0 Å². The average Bonchev–Trinajstić information content (AvgIpc) is 3.51. The van der Waals surface area contributed by atoms with Gasteiger partial charge in [0.1, 0.15) is 12.7 Å². The number of methoxy groups -OCH3 is 2. The summed E-state index contributed by atoms with van der Waals surface area (Å²) in [5, 5.41) is 2.93. The van der Waals surface area contributed by atoms with Crippen molar-refractivity contribution < 1.29 is 32.2 Å². The number of fused-ring (bicyclic) bond motifs is 2. The number of sulfonamides is 1. The Morgan fingerprint density at radius 3 is 2.59 bits per heavy atom. The smallest absolute Gasteiger partial charge is 0.264 e. The number of nitrogens with zero attached hydrogens (tertiary/aromatic N) is 1. The summed E-state index contributed by atoms with van der Waals surface area (Å²) in [6, 6.07) is 25.2. The molecule has 6 rings (SSSR count). The van der Waals surface area contributed by atoms with Crippen LogP contribution in [0.25, 0.3) is 0 Å². The van der Waals surface area contributed by atoms with Crippen LogP contribution in [0.3, 0.4) is 0 Å². The van der Waals surface area contributed by atoms with E-state index in [4.69, 9.17) is 18.9 Å². The molecule has 2 aliphatic rings. The molecule has 4 aromatic carbocycles. The Balaban J connectivity index is 1.28. The summed E-state index contributed by atoms with van der Waals surface area (Å²) in [7, 11) is -0.760. The first-order chi connectivity index (χ1) is 21.4. The molecule has 1 atom stereocenters. The van der Waals surface area contributed by atoms with E-state index in [0.717, 1.165) is 11.1 Å². The minimum atomic E-state index is -3.92. The Hall–Kier alpha value is -4.35. The molecular weight excluding hydrogens is 601 g/mol. The summed E-state index contributed by atoms with van der Waals surface area (Å²) < 4.78 is 52.0. The summed E-state index contributed by atoms with van der Waals surface area (Å²) >= 11 is 1.41. The lowest BCUT2D eigenvalue weighted by molar-refractivity contribution is 0.0787. The molecule has 4 aromatic rings. The Bertz CT molecular complexity index is 1790. The Morgan fingerprint density at radius 2 is 1.77 bits per heavy atom. The highest BCUT2D eigenvalue weighted by molar-refractivity contribution is 7.98. The number of carbonyl (C=O) groups is 1. The predicted molar refractivity (Wildman–Crippen MR) is 169 cm³/mol. The summed E-state index contributed by atoms with van der Waals surface area (Å²) in [4.78, 5) is 14.4. The second-order valence-corrected chi connectivity index (χ2v) is 13.1. The van der Waals surface area contributed by atoms with Gasteiger partial charge < -0.3 is 24.3 Å². The minimum Gasteiger partial charge on any atom is -0.493 e. The van der Waals surface area contributed by atoms with E-state index >= 15 is 0 Å². The first-order valence-electron chi connectivity index (χ1n) is 14.1. The highest BCUT2D eigenvalue weighted by Crippen LogP contribution is 2.38. The molecule has 0 bridgehead atoms. The van der Waals surface area contributed by atoms with E-state index in [1.807, 2.05) is 66.7 Å². The van der Waals surface area contributed by atoms with E-state index in [0.29, 0.717) is 52.3 Å². The third-order valence-electron chi connectivity index (χ3n) is 7.55. The van der Waals surface area contributed by atoms with Crippen LogP contribution in [-0.4, -0.2) is 54.3 Å². The first kappa shape index (κ1) is 29.7. The van der Waals surface area contributed by atoms with Crippen LogP contribution in [0.4, 0.5) is 5.69 Å². The summed E-state index contributed by atoms with van der Waals surface area (Å²) in [5.74, 6) is 2.53. The van der Waals surface area contributed by atoms with Gasteiger partial charge in [0.05, 0.1) is 36.9 Å². The number of amides is 1.